The lowest BCUT2D eigenvalue weighted by Crippen LogP contribution is -2.45. The molecular formula is C33H39N3O6. The van der Waals surface area contributed by atoms with Crippen molar-refractivity contribution in [2.24, 2.45) is 0 Å². The molecule has 4 rings (SSSR count). The molecule has 0 aliphatic rings. The molecule has 0 atom stereocenters. The van der Waals surface area contributed by atoms with Crippen LogP contribution in [0.2, 0.25) is 0 Å². The largest absolute Gasteiger partial charge is 0.493 e. The van der Waals surface area contributed by atoms with Crippen molar-refractivity contribution >= 4 is 22.7 Å². The van der Waals surface area contributed by atoms with Gasteiger partial charge in [0.2, 0.25) is 11.8 Å². The fourth-order valence-corrected chi connectivity index (χ4v) is 4.76. The van der Waals surface area contributed by atoms with Gasteiger partial charge in [-0.15, -0.1) is 0 Å². The van der Waals surface area contributed by atoms with E-state index in [4.69, 9.17) is 18.9 Å². The zero-order valence-electron chi connectivity index (χ0n) is 24.5. The third-order valence-electron chi connectivity index (χ3n) is 7.08. The molecule has 1 N–H and O–H groups in total. The molecule has 1 aromatic heterocycles. The lowest BCUT2D eigenvalue weighted by atomic mass is 10.1. The van der Waals surface area contributed by atoms with Gasteiger partial charge in [0.05, 0.1) is 34.0 Å². The molecule has 0 bridgehead atoms. The number of hydrogen-bond donors (Lipinski definition) is 1. The lowest BCUT2D eigenvalue weighted by molar-refractivity contribution is -0.144. The minimum atomic E-state index is -0.265. The highest BCUT2D eigenvalue weighted by Gasteiger charge is 2.22. The summed E-state index contributed by atoms with van der Waals surface area (Å²) in [5.74, 6) is 0.771. The zero-order chi connectivity index (χ0) is 29.7. The quantitative estimate of drug-likeness (QED) is 0.213. The number of aromatic nitrogens is 1. The van der Waals surface area contributed by atoms with Crippen LogP contribution in [0.25, 0.3) is 10.9 Å². The molecule has 42 heavy (non-hydrogen) atoms. The minimum Gasteiger partial charge on any atom is -0.493 e. The number of para-hydroxylation sites is 1. The van der Waals surface area contributed by atoms with Crippen LogP contribution in [0.15, 0.2) is 79.0 Å². The zero-order valence-corrected chi connectivity index (χ0v) is 24.5. The maximum absolute atomic E-state index is 13.8. The van der Waals surface area contributed by atoms with E-state index in [2.05, 4.69) is 11.1 Å². The van der Waals surface area contributed by atoms with Gasteiger partial charge >= 0.3 is 0 Å². The summed E-state index contributed by atoms with van der Waals surface area (Å²) in [4.78, 5) is 33.5. The van der Waals surface area contributed by atoms with E-state index >= 15 is 0 Å². The Morgan fingerprint density at radius 3 is 2.31 bits per heavy atom. The third kappa shape index (κ3) is 8.34. The second-order valence-corrected chi connectivity index (χ2v) is 9.90. The molecule has 0 fully saturated rings. The Morgan fingerprint density at radius 2 is 1.55 bits per heavy atom. The van der Waals surface area contributed by atoms with E-state index in [0.29, 0.717) is 44.2 Å². The fraction of sp³-hybridized carbons (Fsp3) is 0.333. The number of fused-ring (bicyclic) bond motifs is 1. The average molecular weight is 574 g/mol. The number of rotatable bonds is 16. The second kappa shape index (κ2) is 15.6. The van der Waals surface area contributed by atoms with Crippen LogP contribution in [0.5, 0.6) is 11.5 Å². The number of aromatic amines is 1. The number of nitrogens with zero attached hydrogens (tertiary/aromatic N) is 2. The van der Waals surface area contributed by atoms with Gasteiger partial charge in [-0.25, -0.2) is 0 Å². The van der Waals surface area contributed by atoms with Crippen LogP contribution in [0.3, 0.4) is 0 Å². The molecule has 0 aliphatic carbocycles. The molecule has 9 nitrogen and oxygen atoms in total. The summed E-state index contributed by atoms with van der Waals surface area (Å²) in [7, 11) is 4.74. The Bertz CT molecular complexity index is 1440. The second-order valence-electron chi connectivity index (χ2n) is 9.90. The van der Waals surface area contributed by atoms with Crippen molar-refractivity contribution in [2.45, 2.75) is 19.6 Å². The predicted molar refractivity (Wildman–Crippen MR) is 162 cm³/mol. The van der Waals surface area contributed by atoms with E-state index in [1.807, 2.05) is 72.9 Å². The molecule has 3 aromatic carbocycles. The molecule has 0 spiro atoms. The number of hydrogen-bond acceptors (Lipinski definition) is 6. The summed E-state index contributed by atoms with van der Waals surface area (Å²) in [6.07, 6.45) is 2.64. The Kier molecular flexibility index (Phi) is 11.4. The van der Waals surface area contributed by atoms with Gasteiger partial charge < -0.3 is 33.7 Å². The smallest absolute Gasteiger partial charge is 0.249 e. The number of methoxy groups -OCH3 is 3. The lowest BCUT2D eigenvalue weighted by Gasteiger charge is -2.28. The molecule has 222 valence electrons. The highest BCUT2D eigenvalue weighted by atomic mass is 16.5. The first-order chi connectivity index (χ1) is 20.5. The van der Waals surface area contributed by atoms with Gasteiger partial charge in [0.15, 0.2) is 11.5 Å². The molecule has 2 amide bonds. The number of carbonyl (C=O) groups is 2. The first-order valence-electron chi connectivity index (χ1n) is 13.9. The fourth-order valence-electron chi connectivity index (χ4n) is 4.76. The average Bonchev–Trinajstić information content (AvgIpc) is 3.44. The van der Waals surface area contributed by atoms with E-state index in [1.165, 1.54) is 4.90 Å². The molecule has 1 heterocycles. The van der Waals surface area contributed by atoms with Crippen molar-refractivity contribution in [2.75, 3.05) is 54.2 Å². The number of benzene rings is 3. The van der Waals surface area contributed by atoms with Crippen molar-refractivity contribution in [1.82, 2.24) is 14.8 Å². The first-order valence-corrected chi connectivity index (χ1v) is 13.9. The van der Waals surface area contributed by atoms with Crippen molar-refractivity contribution in [3.05, 3.63) is 95.7 Å². The highest BCUT2D eigenvalue weighted by Crippen LogP contribution is 2.28. The van der Waals surface area contributed by atoms with Crippen LogP contribution < -0.4 is 9.47 Å². The van der Waals surface area contributed by atoms with E-state index < -0.39 is 0 Å². The minimum absolute atomic E-state index is 0.0853. The number of ether oxygens (including phenoxy) is 4. The van der Waals surface area contributed by atoms with Crippen molar-refractivity contribution in [3.8, 4) is 11.5 Å². The molecule has 0 aliphatic heterocycles. The summed E-state index contributed by atoms with van der Waals surface area (Å²) >= 11 is 0. The van der Waals surface area contributed by atoms with Gasteiger partial charge in [0.1, 0.15) is 6.61 Å². The molecule has 0 radical (unpaired) electrons. The Morgan fingerprint density at radius 1 is 0.786 bits per heavy atom. The summed E-state index contributed by atoms with van der Waals surface area (Å²) < 4.78 is 21.8. The topological polar surface area (TPSA) is 93.3 Å². The summed E-state index contributed by atoms with van der Waals surface area (Å²) in [6, 6.07) is 23.4. The van der Waals surface area contributed by atoms with Crippen molar-refractivity contribution in [3.63, 3.8) is 0 Å². The molecular weight excluding hydrogens is 534 g/mol. The van der Waals surface area contributed by atoms with Crippen molar-refractivity contribution in [1.29, 1.82) is 0 Å². The Labute approximate surface area is 246 Å². The molecule has 9 heteroatoms. The number of H-pyrrole nitrogens is 1. The van der Waals surface area contributed by atoms with Gasteiger partial charge in [0.25, 0.3) is 0 Å². The summed E-state index contributed by atoms with van der Waals surface area (Å²) in [5.41, 5.74) is 4.04. The third-order valence-corrected chi connectivity index (χ3v) is 7.08. The molecule has 4 aromatic rings. The number of carbonyl (C=O) groups excluding carboxylic acids is 2. The summed E-state index contributed by atoms with van der Waals surface area (Å²) in [5, 5.41) is 1.13. The SMILES string of the molecule is COCCN(CC(=O)N(CCc1c[nH]c2ccccc12)Cc1ccc(OC)c(OC)c1)C(=O)COCc1ccccc1. The Balaban J connectivity index is 1.48. The van der Waals surface area contributed by atoms with Crippen LogP contribution in [0.1, 0.15) is 16.7 Å². The van der Waals surface area contributed by atoms with E-state index in [-0.39, 0.29) is 31.5 Å². The molecule has 0 saturated carbocycles. The van der Waals surface area contributed by atoms with Crippen LogP contribution in [0.4, 0.5) is 0 Å². The molecule has 0 unspecified atom stereocenters. The van der Waals surface area contributed by atoms with Crippen LogP contribution >= 0.6 is 0 Å². The monoisotopic (exact) mass is 573 g/mol. The van der Waals surface area contributed by atoms with Gasteiger partial charge in [-0.05, 0) is 41.3 Å². The molecule has 0 saturated heterocycles. The van der Waals surface area contributed by atoms with Crippen molar-refractivity contribution < 1.29 is 28.5 Å². The van der Waals surface area contributed by atoms with E-state index in [9.17, 15) is 9.59 Å². The number of amides is 2. The normalized spacial score (nSPS) is 10.9. The standard InChI is InChI=1S/C33H39N3O6/c1-39-18-17-36(33(38)24-42-23-25-9-5-4-6-10-25)22-32(37)35(21-26-13-14-30(40-2)31(19-26)41-3)16-15-27-20-34-29-12-8-7-11-28(27)29/h4-14,19-20,34H,15-18,21-24H2,1-3H3. The predicted octanol–water partition coefficient (Wildman–Crippen LogP) is 4.45. The van der Waals surface area contributed by atoms with Crippen LogP contribution in [-0.4, -0.2) is 80.8 Å². The summed E-state index contributed by atoms with van der Waals surface area (Å²) in [6.45, 7) is 1.50. The van der Waals surface area contributed by atoms with Gasteiger partial charge in [-0.2, -0.15) is 0 Å². The van der Waals surface area contributed by atoms with E-state index in [0.717, 1.165) is 27.6 Å². The van der Waals surface area contributed by atoms with Gasteiger partial charge in [-0.3, -0.25) is 9.59 Å². The van der Waals surface area contributed by atoms with Gasteiger partial charge in [-0.1, -0.05) is 54.6 Å². The maximum Gasteiger partial charge on any atom is 0.249 e. The highest BCUT2D eigenvalue weighted by molar-refractivity contribution is 5.86. The Hall–Kier alpha value is -4.34. The maximum atomic E-state index is 13.8. The van der Waals surface area contributed by atoms with Gasteiger partial charge in [0, 0.05) is 43.8 Å². The van der Waals surface area contributed by atoms with E-state index in [1.54, 1.807) is 26.2 Å². The van der Waals surface area contributed by atoms with Crippen LogP contribution in [-0.2, 0) is 38.6 Å². The number of nitrogens with one attached hydrogen (secondary N) is 1. The first kappa shape index (κ1) is 30.6. The van der Waals surface area contributed by atoms with Crippen LogP contribution in [0, 0.1) is 0 Å².